The number of likely N-dealkylation sites (tertiary alicyclic amines) is 1. The lowest BCUT2D eigenvalue weighted by Gasteiger charge is -2.24. The molecule has 2 N–H and O–H groups in total. The number of nitrogens with one attached hydrogen (secondary N) is 2. The molecule has 162 valence electrons. The molecule has 3 heterocycles. The van der Waals surface area contributed by atoms with E-state index < -0.39 is 0 Å². The molecular weight excluding hydrogens is 366 g/mol. The summed E-state index contributed by atoms with van der Waals surface area (Å²) in [5.41, 5.74) is 0.0478. The quantitative estimate of drug-likeness (QED) is 0.408. The van der Waals surface area contributed by atoms with Crippen molar-refractivity contribution in [2.45, 2.75) is 89.9 Å². The Kier molecular flexibility index (Phi) is 6.90. The van der Waals surface area contributed by atoms with Crippen LogP contribution in [0.1, 0.15) is 64.1 Å². The minimum absolute atomic E-state index is 0.0478. The van der Waals surface area contributed by atoms with Gasteiger partial charge in [0.15, 0.2) is 5.96 Å². The topological polar surface area (TPSA) is 79.5 Å². The first-order valence-corrected chi connectivity index (χ1v) is 11.7. The third-order valence-corrected chi connectivity index (χ3v) is 6.58. The van der Waals surface area contributed by atoms with Gasteiger partial charge in [-0.15, -0.1) is 0 Å². The zero-order valence-electron chi connectivity index (χ0n) is 17.9. The van der Waals surface area contributed by atoms with E-state index in [0.717, 1.165) is 63.1 Å². The highest BCUT2D eigenvalue weighted by Crippen LogP contribution is 2.26. The Morgan fingerprint density at radius 3 is 2.83 bits per heavy atom. The summed E-state index contributed by atoms with van der Waals surface area (Å²) >= 11 is 0. The SMILES string of the molecule is CCNC(=NCCCn1nc2n(c1=O)CCCC2)NC1CCN(C2CCCC2)C1. The number of rotatable bonds is 7. The van der Waals surface area contributed by atoms with Crippen molar-refractivity contribution in [2.75, 3.05) is 26.2 Å². The summed E-state index contributed by atoms with van der Waals surface area (Å²) in [6.45, 7) is 7.45. The van der Waals surface area contributed by atoms with Crippen LogP contribution in [0.3, 0.4) is 0 Å². The molecular formula is C21H37N7O. The van der Waals surface area contributed by atoms with Gasteiger partial charge >= 0.3 is 5.69 Å². The molecule has 1 aromatic rings. The molecule has 8 nitrogen and oxygen atoms in total. The predicted molar refractivity (Wildman–Crippen MR) is 115 cm³/mol. The first-order chi connectivity index (χ1) is 14.2. The fourth-order valence-electron chi connectivity index (χ4n) is 5.03. The van der Waals surface area contributed by atoms with Crippen molar-refractivity contribution in [3.05, 3.63) is 16.3 Å². The minimum atomic E-state index is 0.0478. The molecule has 1 aromatic heterocycles. The molecule has 0 radical (unpaired) electrons. The van der Waals surface area contributed by atoms with Crippen molar-refractivity contribution < 1.29 is 0 Å². The zero-order chi connectivity index (χ0) is 20.1. The zero-order valence-corrected chi connectivity index (χ0v) is 17.9. The normalized spacial score (nSPS) is 23.5. The van der Waals surface area contributed by atoms with Gasteiger partial charge in [-0.1, -0.05) is 12.8 Å². The molecule has 2 aliphatic heterocycles. The van der Waals surface area contributed by atoms with E-state index in [9.17, 15) is 4.79 Å². The number of hydrogen-bond donors (Lipinski definition) is 2. The second-order valence-corrected chi connectivity index (χ2v) is 8.71. The number of nitrogens with zero attached hydrogens (tertiary/aromatic N) is 5. The van der Waals surface area contributed by atoms with Crippen molar-refractivity contribution in [1.29, 1.82) is 0 Å². The Hall–Kier alpha value is -1.83. The lowest BCUT2D eigenvalue weighted by atomic mass is 10.2. The van der Waals surface area contributed by atoms with Crippen molar-refractivity contribution >= 4 is 5.96 Å². The van der Waals surface area contributed by atoms with Crippen molar-refractivity contribution in [1.82, 2.24) is 29.9 Å². The monoisotopic (exact) mass is 403 g/mol. The summed E-state index contributed by atoms with van der Waals surface area (Å²) in [6, 6.07) is 1.29. The molecule has 29 heavy (non-hydrogen) atoms. The van der Waals surface area contributed by atoms with Gasteiger partial charge in [-0.25, -0.2) is 9.48 Å². The molecule has 1 aliphatic carbocycles. The van der Waals surface area contributed by atoms with Gasteiger partial charge in [0.05, 0.1) is 0 Å². The Labute approximate surface area is 173 Å². The van der Waals surface area contributed by atoms with Gasteiger partial charge < -0.3 is 10.6 Å². The van der Waals surface area contributed by atoms with Crippen LogP contribution in [0.2, 0.25) is 0 Å². The summed E-state index contributed by atoms with van der Waals surface area (Å²) in [6.07, 6.45) is 10.7. The van der Waals surface area contributed by atoms with Gasteiger partial charge in [-0.3, -0.25) is 14.5 Å². The molecule has 1 saturated carbocycles. The second-order valence-electron chi connectivity index (χ2n) is 8.71. The number of aromatic nitrogens is 3. The number of aliphatic imine (C=N–C) groups is 1. The maximum absolute atomic E-state index is 12.4. The third-order valence-electron chi connectivity index (χ3n) is 6.58. The highest BCUT2D eigenvalue weighted by Gasteiger charge is 2.30. The van der Waals surface area contributed by atoms with Gasteiger partial charge in [0.1, 0.15) is 5.82 Å². The molecule has 0 amide bonds. The van der Waals surface area contributed by atoms with Gasteiger partial charge in [0, 0.05) is 57.8 Å². The number of guanidine groups is 1. The standard InChI is InChI=1S/C21H37N7O/c1-2-22-20(24-17-11-15-26(16-17)18-8-3-4-9-18)23-12-7-14-28-21(29)27-13-6-5-10-19(27)25-28/h17-18H,2-16H2,1H3,(H2,22,23,24). The Bertz CT molecular complexity index is 747. The van der Waals surface area contributed by atoms with E-state index >= 15 is 0 Å². The Balaban J connectivity index is 1.25. The van der Waals surface area contributed by atoms with Crippen LogP contribution in [0.4, 0.5) is 0 Å². The van der Waals surface area contributed by atoms with Gasteiger partial charge in [0.25, 0.3) is 0 Å². The second kappa shape index (κ2) is 9.78. The molecule has 8 heteroatoms. The van der Waals surface area contributed by atoms with Crippen LogP contribution in [0.5, 0.6) is 0 Å². The van der Waals surface area contributed by atoms with Crippen LogP contribution in [0.25, 0.3) is 0 Å². The molecule has 0 bridgehead atoms. The van der Waals surface area contributed by atoms with Crippen molar-refractivity contribution in [3.8, 4) is 0 Å². The predicted octanol–water partition coefficient (Wildman–Crippen LogP) is 1.34. The van der Waals surface area contributed by atoms with Crippen molar-refractivity contribution in [3.63, 3.8) is 0 Å². The van der Waals surface area contributed by atoms with Crippen LogP contribution >= 0.6 is 0 Å². The Morgan fingerprint density at radius 2 is 2.03 bits per heavy atom. The molecule has 1 unspecified atom stereocenters. The highest BCUT2D eigenvalue weighted by molar-refractivity contribution is 5.80. The summed E-state index contributed by atoms with van der Waals surface area (Å²) in [7, 11) is 0. The van der Waals surface area contributed by atoms with Crippen LogP contribution < -0.4 is 16.3 Å². The van der Waals surface area contributed by atoms with E-state index in [1.54, 1.807) is 4.68 Å². The van der Waals surface area contributed by atoms with Crippen LogP contribution in [0.15, 0.2) is 9.79 Å². The van der Waals surface area contributed by atoms with E-state index in [1.165, 1.54) is 38.6 Å². The first-order valence-electron chi connectivity index (χ1n) is 11.7. The molecule has 1 saturated heterocycles. The summed E-state index contributed by atoms with van der Waals surface area (Å²) in [5, 5.41) is 11.5. The number of hydrogen-bond acceptors (Lipinski definition) is 4. The van der Waals surface area contributed by atoms with Crippen LogP contribution in [0, 0.1) is 0 Å². The molecule has 0 aromatic carbocycles. The average molecular weight is 404 g/mol. The summed E-state index contributed by atoms with van der Waals surface area (Å²) in [5.74, 6) is 1.86. The largest absolute Gasteiger partial charge is 0.357 e. The lowest BCUT2D eigenvalue weighted by Crippen LogP contribution is -2.45. The fraction of sp³-hybridized carbons (Fsp3) is 0.857. The smallest absolute Gasteiger partial charge is 0.345 e. The summed E-state index contributed by atoms with van der Waals surface area (Å²) in [4.78, 5) is 19.8. The molecule has 1 atom stereocenters. The minimum Gasteiger partial charge on any atom is -0.357 e. The van der Waals surface area contributed by atoms with Crippen LogP contribution in [-0.4, -0.2) is 63.5 Å². The van der Waals surface area contributed by atoms with E-state index in [1.807, 2.05) is 4.57 Å². The number of aryl methyl sites for hydroxylation is 2. The maximum atomic E-state index is 12.4. The van der Waals surface area contributed by atoms with Gasteiger partial charge in [0.2, 0.25) is 0 Å². The van der Waals surface area contributed by atoms with E-state index in [-0.39, 0.29) is 5.69 Å². The fourth-order valence-corrected chi connectivity index (χ4v) is 5.03. The van der Waals surface area contributed by atoms with E-state index in [2.05, 4.69) is 27.6 Å². The third kappa shape index (κ3) is 5.02. The van der Waals surface area contributed by atoms with Crippen molar-refractivity contribution in [2.24, 2.45) is 4.99 Å². The van der Waals surface area contributed by atoms with Gasteiger partial charge in [-0.05, 0) is 45.4 Å². The highest BCUT2D eigenvalue weighted by atomic mass is 16.2. The lowest BCUT2D eigenvalue weighted by molar-refractivity contribution is 0.242. The molecule has 2 fully saturated rings. The average Bonchev–Trinajstić information content (AvgIpc) is 3.47. The van der Waals surface area contributed by atoms with Crippen LogP contribution in [-0.2, 0) is 19.5 Å². The molecule has 3 aliphatic rings. The van der Waals surface area contributed by atoms with E-state index in [0.29, 0.717) is 19.1 Å². The maximum Gasteiger partial charge on any atom is 0.345 e. The van der Waals surface area contributed by atoms with E-state index in [4.69, 9.17) is 4.99 Å². The number of fused-ring (bicyclic) bond motifs is 1. The molecule has 0 spiro atoms. The summed E-state index contributed by atoms with van der Waals surface area (Å²) < 4.78 is 3.47. The molecule has 4 rings (SSSR count). The van der Waals surface area contributed by atoms with Gasteiger partial charge in [-0.2, -0.15) is 5.10 Å². The first kappa shape index (κ1) is 20.4. The Morgan fingerprint density at radius 1 is 1.17 bits per heavy atom.